The zero-order valence-electron chi connectivity index (χ0n) is 16.5. The Morgan fingerprint density at radius 3 is 2.35 bits per heavy atom. The maximum Gasteiger partial charge on any atom is 0.314 e. The van der Waals surface area contributed by atoms with Crippen molar-refractivity contribution in [1.29, 1.82) is 0 Å². The first kappa shape index (κ1) is 19.3. The van der Waals surface area contributed by atoms with Gasteiger partial charge in [0.15, 0.2) is 0 Å². The van der Waals surface area contributed by atoms with E-state index in [0.717, 1.165) is 28.1 Å². The van der Waals surface area contributed by atoms with Gasteiger partial charge in [-0.2, -0.15) is 0 Å². The molecule has 31 heavy (non-hydrogen) atoms. The summed E-state index contributed by atoms with van der Waals surface area (Å²) in [6.07, 6.45) is 7.04. The van der Waals surface area contributed by atoms with Crippen LogP contribution in [0.1, 0.15) is 0 Å². The van der Waals surface area contributed by atoms with Gasteiger partial charge in [0.2, 0.25) is 5.95 Å². The summed E-state index contributed by atoms with van der Waals surface area (Å²) < 4.78 is 2.02. The van der Waals surface area contributed by atoms with Gasteiger partial charge in [0.05, 0.1) is 22.8 Å². The molecule has 2 N–H and O–H groups in total. The first-order valence-corrected chi connectivity index (χ1v) is 10.2. The third-order valence-electron chi connectivity index (χ3n) is 5.31. The number of amides is 2. The number of hydrogen-bond donors (Lipinski definition) is 1. The molecule has 0 atom stereocenters. The molecule has 4 heterocycles. The molecule has 1 aliphatic heterocycles. The van der Waals surface area contributed by atoms with Crippen LogP contribution in [0.2, 0.25) is 5.02 Å². The number of halogens is 1. The van der Waals surface area contributed by atoms with Crippen molar-refractivity contribution in [3.63, 3.8) is 0 Å². The Bertz CT molecular complexity index is 1230. The van der Waals surface area contributed by atoms with Crippen LogP contribution in [0.5, 0.6) is 0 Å². The number of primary amides is 1. The van der Waals surface area contributed by atoms with Crippen LogP contribution in [-0.4, -0.2) is 61.6 Å². The first-order valence-electron chi connectivity index (χ1n) is 9.80. The number of pyridine rings is 1. The molecule has 0 radical (unpaired) electrons. The molecule has 156 valence electrons. The summed E-state index contributed by atoms with van der Waals surface area (Å²) in [7, 11) is 0. The minimum atomic E-state index is -0.397. The molecule has 4 aromatic rings. The van der Waals surface area contributed by atoms with Crippen LogP contribution in [0.4, 0.5) is 10.7 Å². The second kappa shape index (κ2) is 7.84. The molecule has 1 saturated heterocycles. The highest BCUT2D eigenvalue weighted by atomic mass is 35.5. The number of nitrogens with zero attached hydrogens (tertiary/aromatic N) is 7. The lowest BCUT2D eigenvalue weighted by molar-refractivity contribution is 0.204. The Morgan fingerprint density at radius 1 is 0.968 bits per heavy atom. The largest absolute Gasteiger partial charge is 0.351 e. The van der Waals surface area contributed by atoms with Crippen LogP contribution in [0.3, 0.4) is 0 Å². The number of benzene rings is 1. The lowest BCUT2D eigenvalue weighted by atomic mass is 10.2. The van der Waals surface area contributed by atoms with Crippen LogP contribution >= 0.6 is 11.6 Å². The molecular formula is C21H19ClN8O. The number of hydrogen-bond acceptors (Lipinski definition) is 6. The summed E-state index contributed by atoms with van der Waals surface area (Å²) in [5.41, 5.74) is 8.76. The molecule has 1 fully saturated rings. The number of aromatic nitrogens is 5. The van der Waals surface area contributed by atoms with Crippen molar-refractivity contribution >= 4 is 34.6 Å². The number of carbonyl (C=O) groups is 1. The smallest absolute Gasteiger partial charge is 0.314 e. The average Bonchev–Trinajstić information content (AvgIpc) is 3.19. The van der Waals surface area contributed by atoms with Gasteiger partial charge in [-0.1, -0.05) is 11.6 Å². The van der Waals surface area contributed by atoms with Crippen molar-refractivity contribution in [2.45, 2.75) is 0 Å². The summed E-state index contributed by atoms with van der Waals surface area (Å²) in [6, 6.07) is 9.04. The number of rotatable bonds is 3. The molecule has 0 saturated carbocycles. The Balaban J connectivity index is 1.49. The van der Waals surface area contributed by atoms with E-state index in [1.165, 1.54) is 0 Å². The maximum absolute atomic E-state index is 11.3. The van der Waals surface area contributed by atoms with Crippen molar-refractivity contribution in [3.8, 4) is 17.1 Å². The van der Waals surface area contributed by atoms with Crippen molar-refractivity contribution in [2.75, 3.05) is 31.1 Å². The lowest BCUT2D eigenvalue weighted by Gasteiger charge is -2.33. The first-order chi connectivity index (χ1) is 15.1. The quantitative estimate of drug-likeness (QED) is 0.531. The van der Waals surface area contributed by atoms with Gasteiger partial charge in [0.25, 0.3) is 0 Å². The second-order valence-electron chi connectivity index (χ2n) is 7.20. The van der Waals surface area contributed by atoms with Gasteiger partial charge in [-0.15, -0.1) is 0 Å². The molecule has 0 spiro atoms. The molecule has 5 rings (SSSR count). The molecule has 9 nitrogen and oxygen atoms in total. The van der Waals surface area contributed by atoms with Gasteiger partial charge < -0.3 is 15.5 Å². The lowest BCUT2D eigenvalue weighted by Crippen LogP contribution is -2.50. The SMILES string of the molecule is NC(=O)N1CCN(c2ncc(-c3nc4ccncc4n3-c3ccc(Cl)cc3)cn2)CC1. The zero-order chi connectivity index (χ0) is 21.4. The maximum atomic E-state index is 11.3. The van der Waals surface area contributed by atoms with E-state index in [9.17, 15) is 4.79 Å². The van der Waals surface area contributed by atoms with Crippen molar-refractivity contribution in [1.82, 2.24) is 29.4 Å². The van der Waals surface area contributed by atoms with Crippen molar-refractivity contribution in [3.05, 3.63) is 60.1 Å². The molecule has 0 aliphatic carbocycles. The van der Waals surface area contributed by atoms with Gasteiger partial charge in [-0.05, 0) is 30.3 Å². The average molecular weight is 435 g/mol. The molecule has 0 unspecified atom stereocenters. The number of carbonyl (C=O) groups excluding carboxylic acids is 1. The number of nitrogens with two attached hydrogens (primary N) is 1. The fourth-order valence-electron chi connectivity index (χ4n) is 3.70. The van der Waals surface area contributed by atoms with Crippen LogP contribution < -0.4 is 10.6 Å². The summed E-state index contributed by atoms with van der Waals surface area (Å²) in [6.45, 7) is 2.38. The van der Waals surface area contributed by atoms with Crippen LogP contribution in [-0.2, 0) is 0 Å². The Morgan fingerprint density at radius 2 is 1.68 bits per heavy atom. The summed E-state index contributed by atoms with van der Waals surface area (Å²) in [5.74, 6) is 1.33. The highest BCUT2D eigenvalue weighted by Gasteiger charge is 2.21. The van der Waals surface area contributed by atoms with Crippen molar-refractivity contribution in [2.24, 2.45) is 5.73 Å². The Hall–Kier alpha value is -3.72. The minimum absolute atomic E-state index is 0.397. The van der Waals surface area contributed by atoms with Gasteiger partial charge in [0, 0.05) is 55.5 Å². The van der Waals surface area contributed by atoms with Gasteiger partial charge >= 0.3 is 6.03 Å². The van der Waals surface area contributed by atoms with Gasteiger partial charge in [-0.3, -0.25) is 9.55 Å². The summed E-state index contributed by atoms with van der Waals surface area (Å²) >= 11 is 6.08. The van der Waals surface area contributed by atoms with Crippen LogP contribution in [0.15, 0.2) is 55.1 Å². The second-order valence-corrected chi connectivity index (χ2v) is 7.63. The predicted octanol–water partition coefficient (Wildman–Crippen LogP) is 2.73. The van der Waals surface area contributed by atoms with E-state index in [1.54, 1.807) is 29.7 Å². The molecule has 10 heteroatoms. The van der Waals surface area contributed by atoms with E-state index in [0.29, 0.717) is 37.1 Å². The van der Waals surface area contributed by atoms with Crippen LogP contribution in [0, 0.1) is 0 Å². The predicted molar refractivity (Wildman–Crippen MR) is 118 cm³/mol. The number of anilines is 1. The van der Waals surface area contributed by atoms with Crippen molar-refractivity contribution < 1.29 is 4.79 Å². The molecule has 2 amide bonds. The van der Waals surface area contributed by atoms with Gasteiger partial charge in [-0.25, -0.2) is 19.7 Å². The van der Waals surface area contributed by atoms with E-state index >= 15 is 0 Å². The molecule has 3 aromatic heterocycles. The summed E-state index contributed by atoms with van der Waals surface area (Å²) in [4.78, 5) is 33.1. The normalized spacial score (nSPS) is 14.2. The van der Waals surface area contributed by atoms with Gasteiger partial charge in [0.1, 0.15) is 5.82 Å². The third-order valence-corrected chi connectivity index (χ3v) is 5.56. The standard InChI is InChI=1S/C21H19ClN8O/c22-15-1-3-16(4-2-15)30-18-13-24-6-5-17(18)27-19(30)14-11-25-21(26-12-14)29-9-7-28(8-10-29)20(23)31/h1-6,11-13H,7-10H2,(H2,23,31). The van der Waals surface area contributed by atoms with Crippen LogP contribution in [0.25, 0.3) is 28.1 Å². The highest BCUT2D eigenvalue weighted by molar-refractivity contribution is 6.30. The monoisotopic (exact) mass is 434 g/mol. The number of urea groups is 1. The number of piperazine rings is 1. The zero-order valence-corrected chi connectivity index (χ0v) is 17.3. The molecule has 1 aromatic carbocycles. The summed E-state index contributed by atoms with van der Waals surface area (Å²) in [5, 5.41) is 0.664. The molecule has 0 bridgehead atoms. The fourth-order valence-corrected chi connectivity index (χ4v) is 3.82. The Labute approximate surface area is 183 Å². The minimum Gasteiger partial charge on any atom is -0.351 e. The van der Waals surface area contributed by atoms with E-state index in [1.807, 2.05) is 39.8 Å². The topological polar surface area (TPSA) is 106 Å². The van der Waals surface area contributed by atoms with E-state index in [-0.39, 0.29) is 0 Å². The van der Waals surface area contributed by atoms with E-state index in [2.05, 4.69) is 15.0 Å². The molecule has 1 aliphatic rings. The highest BCUT2D eigenvalue weighted by Crippen LogP contribution is 2.28. The number of imidazole rings is 1. The third kappa shape index (κ3) is 3.64. The Kier molecular flexibility index (Phi) is 4.87. The number of fused-ring (bicyclic) bond motifs is 1. The fraction of sp³-hybridized carbons (Fsp3) is 0.190. The van der Waals surface area contributed by atoms with E-state index < -0.39 is 6.03 Å². The van der Waals surface area contributed by atoms with E-state index in [4.69, 9.17) is 22.3 Å². The molecular weight excluding hydrogens is 416 g/mol.